The van der Waals surface area contributed by atoms with Gasteiger partial charge in [0.25, 0.3) is 0 Å². The van der Waals surface area contributed by atoms with Crippen LogP contribution in [-0.4, -0.2) is 24.3 Å². The lowest BCUT2D eigenvalue weighted by Gasteiger charge is -2.18. The van der Waals surface area contributed by atoms with E-state index in [2.05, 4.69) is 11.2 Å². The highest BCUT2D eigenvalue weighted by Crippen LogP contribution is 2.04. The van der Waals surface area contributed by atoms with Gasteiger partial charge in [0, 0.05) is 6.54 Å². The van der Waals surface area contributed by atoms with Crippen molar-refractivity contribution in [3.8, 4) is 12.3 Å². The van der Waals surface area contributed by atoms with Gasteiger partial charge in [-0.05, 0) is 13.5 Å². The summed E-state index contributed by atoms with van der Waals surface area (Å²) in [4.78, 5) is 0. The van der Waals surface area contributed by atoms with E-state index in [4.69, 9.17) is 6.42 Å². The molecule has 0 aromatic rings. The molecule has 0 saturated heterocycles. The molecule has 0 rings (SSSR count). The van der Waals surface area contributed by atoms with E-state index in [1.165, 1.54) is 0 Å². The van der Waals surface area contributed by atoms with E-state index >= 15 is 0 Å². The minimum absolute atomic E-state index is 0.458. The Hall–Kier alpha value is -0.520. The van der Waals surface area contributed by atoms with Crippen LogP contribution in [0.2, 0.25) is 0 Å². The second-order valence-electron chi connectivity index (χ2n) is 2.06. The Bertz CT molecular complexity index is 117. The predicted octanol–water partition coefficient (Wildman–Crippen LogP) is -0.0199. The molecule has 0 aliphatic heterocycles. The Labute approximate surface area is 56.3 Å². The maximum Gasteiger partial charge on any atom is 0.137 e. The fraction of sp³-hybridized carbons (Fsp3) is 0.714. The van der Waals surface area contributed by atoms with E-state index < -0.39 is 5.60 Å². The fourth-order valence-electron chi connectivity index (χ4n) is 0.571. The highest BCUT2D eigenvalue weighted by molar-refractivity contribution is 5.07. The average Bonchev–Trinajstić information content (AvgIpc) is 1.89. The molecule has 9 heavy (non-hydrogen) atoms. The Kier molecular flexibility index (Phi) is 3.29. The van der Waals surface area contributed by atoms with Gasteiger partial charge >= 0.3 is 0 Å². The van der Waals surface area contributed by atoms with Crippen LogP contribution in [0.5, 0.6) is 0 Å². The lowest BCUT2D eigenvalue weighted by molar-refractivity contribution is 0.0986. The third-order valence-electron chi connectivity index (χ3n) is 1.32. The fourth-order valence-corrected chi connectivity index (χ4v) is 0.571. The van der Waals surface area contributed by atoms with Crippen LogP contribution in [0.1, 0.15) is 13.3 Å². The number of hydrogen-bond donors (Lipinski definition) is 2. The zero-order chi connectivity index (χ0) is 7.33. The summed E-state index contributed by atoms with van der Waals surface area (Å²) < 4.78 is 0. The van der Waals surface area contributed by atoms with Gasteiger partial charge in [0.1, 0.15) is 5.60 Å². The summed E-state index contributed by atoms with van der Waals surface area (Å²) in [6.45, 7) is 2.32. The van der Waals surface area contributed by atoms with Crippen LogP contribution >= 0.6 is 0 Å². The molecule has 2 nitrogen and oxygen atoms in total. The number of rotatable bonds is 3. The van der Waals surface area contributed by atoms with Gasteiger partial charge in [-0.3, -0.25) is 0 Å². The summed E-state index contributed by atoms with van der Waals surface area (Å²) >= 11 is 0. The maximum absolute atomic E-state index is 9.33. The van der Waals surface area contributed by atoms with Crippen LogP contribution < -0.4 is 5.32 Å². The third kappa shape index (κ3) is 2.50. The summed E-state index contributed by atoms with van der Waals surface area (Å²) in [7, 11) is 1.76. The van der Waals surface area contributed by atoms with E-state index in [1.54, 1.807) is 7.05 Å². The van der Waals surface area contributed by atoms with Crippen LogP contribution in [0.25, 0.3) is 0 Å². The van der Waals surface area contributed by atoms with Gasteiger partial charge in [-0.25, -0.2) is 0 Å². The molecule has 0 bridgehead atoms. The molecule has 0 fully saturated rings. The number of hydrogen-bond acceptors (Lipinski definition) is 2. The van der Waals surface area contributed by atoms with Gasteiger partial charge in [-0.2, -0.15) is 0 Å². The molecule has 1 atom stereocenters. The molecule has 0 amide bonds. The zero-order valence-electron chi connectivity index (χ0n) is 5.94. The molecule has 0 aromatic carbocycles. The Morgan fingerprint density at radius 1 is 1.78 bits per heavy atom. The number of likely N-dealkylation sites (N-methyl/N-ethyl adjacent to an activating group) is 1. The van der Waals surface area contributed by atoms with Gasteiger partial charge in [-0.15, -0.1) is 6.42 Å². The van der Waals surface area contributed by atoms with E-state index in [1.807, 2.05) is 6.92 Å². The Balaban J connectivity index is 3.81. The maximum atomic E-state index is 9.33. The van der Waals surface area contributed by atoms with Crippen LogP contribution in [0.4, 0.5) is 0 Å². The van der Waals surface area contributed by atoms with Crippen LogP contribution in [0, 0.1) is 12.3 Å². The van der Waals surface area contributed by atoms with Gasteiger partial charge in [0.05, 0.1) is 0 Å². The second-order valence-corrected chi connectivity index (χ2v) is 2.06. The van der Waals surface area contributed by atoms with E-state index in [0.29, 0.717) is 13.0 Å². The Morgan fingerprint density at radius 3 is 2.44 bits per heavy atom. The third-order valence-corrected chi connectivity index (χ3v) is 1.32. The largest absolute Gasteiger partial charge is 0.376 e. The lowest BCUT2D eigenvalue weighted by atomic mass is 10.0. The first kappa shape index (κ1) is 8.48. The van der Waals surface area contributed by atoms with Crippen LogP contribution in [0.3, 0.4) is 0 Å². The first-order valence-corrected chi connectivity index (χ1v) is 3.03. The molecule has 2 heteroatoms. The normalized spacial score (nSPS) is 16.2. The van der Waals surface area contributed by atoms with E-state index in [9.17, 15) is 5.11 Å². The predicted molar refractivity (Wildman–Crippen MR) is 38.0 cm³/mol. The quantitative estimate of drug-likeness (QED) is 0.522. The van der Waals surface area contributed by atoms with E-state index in [-0.39, 0.29) is 0 Å². The molecular weight excluding hydrogens is 114 g/mol. The van der Waals surface area contributed by atoms with Crippen molar-refractivity contribution >= 4 is 0 Å². The molecule has 2 N–H and O–H groups in total. The molecule has 0 spiro atoms. The van der Waals surface area contributed by atoms with Gasteiger partial charge in [0.15, 0.2) is 0 Å². The summed E-state index contributed by atoms with van der Waals surface area (Å²) in [6.07, 6.45) is 5.65. The van der Waals surface area contributed by atoms with Crippen molar-refractivity contribution in [3.05, 3.63) is 0 Å². The second kappa shape index (κ2) is 3.49. The summed E-state index contributed by atoms with van der Waals surface area (Å²) in [5, 5.41) is 12.1. The van der Waals surface area contributed by atoms with Crippen molar-refractivity contribution in [2.75, 3.05) is 13.6 Å². The zero-order valence-corrected chi connectivity index (χ0v) is 5.94. The van der Waals surface area contributed by atoms with Crippen molar-refractivity contribution < 1.29 is 5.11 Å². The minimum Gasteiger partial charge on any atom is -0.376 e. The summed E-state index contributed by atoms with van der Waals surface area (Å²) in [5.74, 6) is 2.32. The van der Waals surface area contributed by atoms with Crippen molar-refractivity contribution in [1.29, 1.82) is 0 Å². The van der Waals surface area contributed by atoms with Crippen LogP contribution in [0.15, 0.2) is 0 Å². The topological polar surface area (TPSA) is 32.3 Å². The molecule has 0 heterocycles. The van der Waals surface area contributed by atoms with Crippen molar-refractivity contribution in [2.24, 2.45) is 0 Å². The molecular formula is C7H13NO. The number of aliphatic hydroxyl groups is 1. The van der Waals surface area contributed by atoms with Gasteiger partial charge < -0.3 is 10.4 Å². The van der Waals surface area contributed by atoms with E-state index in [0.717, 1.165) is 0 Å². The van der Waals surface area contributed by atoms with Crippen molar-refractivity contribution in [2.45, 2.75) is 18.9 Å². The lowest BCUT2D eigenvalue weighted by Crippen LogP contribution is -2.36. The summed E-state index contributed by atoms with van der Waals surface area (Å²) in [5.41, 5.74) is -0.950. The highest BCUT2D eigenvalue weighted by Gasteiger charge is 2.18. The van der Waals surface area contributed by atoms with Gasteiger partial charge in [0.2, 0.25) is 0 Å². The number of terminal acetylenes is 1. The smallest absolute Gasteiger partial charge is 0.137 e. The van der Waals surface area contributed by atoms with Crippen molar-refractivity contribution in [1.82, 2.24) is 5.32 Å². The first-order chi connectivity index (χ1) is 4.18. The number of nitrogens with one attached hydrogen (secondary N) is 1. The average molecular weight is 127 g/mol. The Morgan fingerprint density at radius 2 is 2.33 bits per heavy atom. The van der Waals surface area contributed by atoms with Gasteiger partial charge in [-0.1, -0.05) is 12.8 Å². The monoisotopic (exact) mass is 127 g/mol. The minimum atomic E-state index is -0.950. The molecule has 0 saturated carbocycles. The molecule has 0 aliphatic rings. The molecule has 52 valence electrons. The SMILES string of the molecule is C#CC(O)(CC)CNC. The first-order valence-electron chi connectivity index (χ1n) is 3.03. The molecule has 0 radical (unpaired) electrons. The van der Waals surface area contributed by atoms with Crippen LogP contribution in [-0.2, 0) is 0 Å². The standard InChI is InChI=1S/C7H13NO/c1-4-7(9,5-2)6-8-3/h1,8-9H,5-6H2,2-3H3. The molecule has 0 aliphatic carbocycles. The summed E-state index contributed by atoms with van der Waals surface area (Å²) in [6, 6.07) is 0. The molecule has 0 aromatic heterocycles. The van der Waals surface area contributed by atoms with Crippen molar-refractivity contribution in [3.63, 3.8) is 0 Å². The highest BCUT2D eigenvalue weighted by atomic mass is 16.3. The molecule has 1 unspecified atom stereocenters.